The molecule has 1 N–H and O–H groups in total. The van der Waals surface area contributed by atoms with E-state index >= 15 is 0 Å². The summed E-state index contributed by atoms with van der Waals surface area (Å²) in [7, 11) is 0. The first-order valence-corrected chi connectivity index (χ1v) is 10.6. The molecule has 1 saturated heterocycles. The molecule has 156 valence electrons. The SMILES string of the molecule is O=C1C(=O)N(c2cc(Cl)cc(Cl)c2)C(c2ccccc2F)/C1=C(\O)c1ccc(Br)cc1. The van der Waals surface area contributed by atoms with Gasteiger partial charge in [0.1, 0.15) is 11.6 Å². The third-order valence-electron chi connectivity index (χ3n) is 4.89. The summed E-state index contributed by atoms with van der Waals surface area (Å²) in [6.07, 6.45) is 0. The van der Waals surface area contributed by atoms with Gasteiger partial charge in [-0.2, -0.15) is 0 Å². The Kier molecular flexibility index (Phi) is 5.88. The van der Waals surface area contributed by atoms with Crippen molar-refractivity contribution in [2.45, 2.75) is 6.04 Å². The number of halogens is 4. The van der Waals surface area contributed by atoms with Crippen LogP contribution in [-0.4, -0.2) is 16.8 Å². The predicted octanol–water partition coefficient (Wildman–Crippen LogP) is 6.52. The van der Waals surface area contributed by atoms with Crippen LogP contribution in [0.5, 0.6) is 0 Å². The van der Waals surface area contributed by atoms with Gasteiger partial charge in [0.15, 0.2) is 0 Å². The normalized spacial score (nSPS) is 17.9. The number of carbonyl (C=O) groups excluding carboxylic acids is 2. The Hall–Kier alpha value is -2.67. The van der Waals surface area contributed by atoms with Gasteiger partial charge in [0.05, 0.1) is 11.6 Å². The number of aliphatic hydroxyl groups is 1. The van der Waals surface area contributed by atoms with Crippen molar-refractivity contribution in [2.24, 2.45) is 0 Å². The first-order chi connectivity index (χ1) is 14.8. The Morgan fingerprint density at radius 1 is 0.968 bits per heavy atom. The van der Waals surface area contributed by atoms with Gasteiger partial charge >= 0.3 is 0 Å². The third kappa shape index (κ3) is 3.99. The second-order valence-electron chi connectivity index (χ2n) is 6.83. The van der Waals surface area contributed by atoms with Crippen LogP contribution in [0.25, 0.3) is 5.76 Å². The number of hydrogen-bond acceptors (Lipinski definition) is 3. The van der Waals surface area contributed by atoms with Crippen LogP contribution in [0, 0.1) is 5.82 Å². The average molecular weight is 521 g/mol. The number of aliphatic hydroxyl groups excluding tert-OH is 1. The first-order valence-electron chi connectivity index (χ1n) is 9.05. The fraction of sp³-hybridized carbons (Fsp3) is 0.0435. The molecule has 0 bridgehead atoms. The fourth-order valence-corrected chi connectivity index (χ4v) is 4.31. The van der Waals surface area contributed by atoms with E-state index in [9.17, 15) is 19.1 Å². The topological polar surface area (TPSA) is 57.6 Å². The summed E-state index contributed by atoms with van der Waals surface area (Å²) in [6, 6.07) is 15.5. The molecule has 31 heavy (non-hydrogen) atoms. The molecule has 1 amide bonds. The molecule has 0 aliphatic carbocycles. The molecule has 3 aromatic carbocycles. The number of amides is 1. The minimum Gasteiger partial charge on any atom is -0.507 e. The number of nitrogens with zero attached hydrogens (tertiary/aromatic N) is 1. The van der Waals surface area contributed by atoms with Crippen LogP contribution in [0.1, 0.15) is 17.2 Å². The van der Waals surface area contributed by atoms with Crippen LogP contribution in [0.3, 0.4) is 0 Å². The smallest absolute Gasteiger partial charge is 0.300 e. The van der Waals surface area contributed by atoms with Crippen molar-refractivity contribution in [3.8, 4) is 0 Å². The molecule has 0 aromatic heterocycles. The zero-order valence-electron chi connectivity index (χ0n) is 15.7. The molecule has 4 rings (SSSR count). The van der Waals surface area contributed by atoms with Crippen LogP contribution in [-0.2, 0) is 9.59 Å². The quantitative estimate of drug-likeness (QED) is 0.243. The molecule has 1 aliphatic rings. The van der Waals surface area contributed by atoms with Crippen molar-refractivity contribution in [1.82, 2.24) is 0 Å². The summed E-state index contributed by atoms with van der Waals surface area (Å²) in [6.45, 7) is 0. The van der Waals surface area contributed by atoms with Crippen LogP contribution >= 0.6 is 39.1 Å². The van der Waals surface area contributed by atoms with Crippen molar-refractivity contribution in [3.05, 3.63) is 104 Å². The molecule has 1 aliphatic heterocycles. The molecule has 1 fully saturated rings. The van der Waals surface area contributed by atoms with Crippen molar-refractivity contribution in [1.29, 1.82) is 0 Å². The molecule has 3 aromatic rings. The molecular formula is C23H13BrCl2FNO3. The summed E-state index contributed by atoms with van der Waals surface area (Å²) < 4.78 is 15.6. The Morgan fingerprint density at radius 3 is 2.19 bits per heavy atom. The molecule has 1 atom stereocenters. The summed E-state index contributed by atoms with van der Waals surface area (Å²) in [5, 5.41) is 11.5. The maximum atomic E-state index is 14.8. The first kappa shape index (κ1) is 21.6. The van der Waals surface area contributed by atoms with E-state index in [1.165, 1.54) is 36.4 Å². The number of Topliss-reactive ketones (excluding diaryl/α,β-unsaturated/α-hetero) is 1. The van der Waals surface area contributed by atoms with E-state index in [1.54, 1.807) is 30.3 Å². The maximum absolute atomic E-state index is 14.8. The summed E-state index contributed by atoms with van der Waals surface area (Å²) >= 11 is 15.5. The fourth-order valence-electron chi connectivity index (χ4n) is 3.53. The highest BCUT2D eigenvalue weighted by molar-refractivity contribution is 9.10. The van der Waals surface area contributed by atoms with E-state index in [0.29, 0.717) is 5.56 Å². The lowest BCUT2D eigenvalue weighted by Crippen LogP contribution is -2.29. The van der Waals surface area contributed by atoms with Gasteiger partial charge in [-0.05, 0) is 36.4 Å². The van der Waals surface area contributed by atoms with Crippen molar-refractivity contribution in [2.75, 3.05) is 4.90 Å². The Morgan fingerprint density at radius 2 is 1.58 bits per heavy atom. The van der Waals surface area contributed by atoms with Crippen molar-refractivity contribution in [3.63, 3.8) is 0 Å². The Bertz CT molecular complexity index is 1220. The number of carbonyl (C=O) groups is 2. The zero-order chi connectivity index (χ0) is 22.3. The van der Waals surface area contributed by atoms with Crippen LogP contribution in [0.2, 0.25) is 10.0 Å². The summed E-state index contributed by atoms with van der Waals surface area (Å²) in [5.74, 6) is -2.90. The van der Waals surface area contributed by atoms with E-state index in [4.69, 9.17) is 23.2 Å². The second-order valence-corrected chi connectivity index (χ2v) is 8.61. The third-order valence-corrected chi connectivity index (χ3v) is 5.85. The largest absolute Gasteiger partial charge is 0.507 e. The van der Waals surface area contributed by atoms with Crippen LogP contribution in [0.15, 0.2) is 76.8 Å². The number of benzene rings is 3. The number of hydrogen-bond donors (Lipinski definition) is 1. The molecule has 1 unspecified atom stereocenters. The van der Waals surface area contributed by atoms with E-state index in [1.807, 2.05) is 0 Å². The van der Waals surface area contributed by atoms with Crippen LogP contribution in [0.4, 0.5) is 10.1 Å². The minimum absolute atomic E-state index is 0.0523. The van der Waals surface area contributed by atoms with Crippen molar-refractivity contribution < 1.29 is 19.1 Å². The lowest BCUT2D eigenvalue weighted by Gasteiger charge is -2.26. The van der Waals surface area contributed by atoms with Gasteiger partial charge in [0.2, 0.25) is 0 Å². The van der Waals surface area contributed by atoms with Gasteiger partial charge in [-0.25, -0.2) is 4.39 Å². The number of ketones is 1. The summed E-state index contributed by atoms with van der Waals surface area (Å²) in [4.78, 5) is 27.2. The lowest BCUT2D eigenvalue weighted by atomic mass is 9.94. The van der Waals surface area contributed by atoms with Crippen molar-refractivity contribution >= 4 is 62.3 Å². The molecule has 1 heterocycles. The Balaban J connectivity index is 1.99. The lowest BCUT2D eigenvalue weighted by molar-refractivity contribution is -0.132. The van der Waals surface area contributed by atoms with E-state index in [-0.39, 0.29) is 26.9 Å². The highest BCUT2D eigenvalue weighted by Gasteiger charge is 2.47. The second kappa shape index (κ2) is 8.46. The standard InChI is InChI=1S/C23H13BrCl2FNO3/c24-13-7-5-12(6-8-13)21(29)19-20(17-3-1-2-4-18(17)27)28(23(31)22(19)30)16-10-14(25)9-15(26)11-16/h1-11,20,29H/b21-19+. The van der Waals surface area contributed by atoms with Gasteiger partial charge < -0.3 is 5.11 Å². The minimum atomic E-state index is -1.21. The molecule has 0 radical (unpaired) electrons. The maximum Gasteiger partial charge on any atom is 0.300 e. The van der Waals surface area contributed by atoms with Gasteiger partial charge in [0.25, 0.3) is 11.7 Å². The molecule has 8 heteroatoms. The molecule has 0 saturated carbocycles. The predicted molar refractivity (Wildman–Crippen MR) is 122 cm³/mol. The summed E-state index contributed by atoms with van der Waals surface area (Å²) in [5.41, 5.74) is 0.347. The van der Waals surface area contributed by atoms with Gasteiger partial charge in [-0.1, -0.05) is 69.5 Å². The van der Waals surface area contributed by atoms with Gasteiger partial charge in [-0.15, -0.1) is 0 Å². The Labute approximate surface area is 195 Å². The molecule has 0 spiro atoms. The molecule has 4 nitrogen and oxygen atoms in total. The van der Waals surface area contributed by atoms with Crippen LogP contribution < -0.4 is 4.90 Å². The average Bonchev–Trinajstić information content (AvgIpc) is 2.98. The van der Waals surface area contributed by atoms with Gasteiger partial charge in [-0.3, -0.25) is 14.5 Å². The highest BCUT2D eigenvalue weighted by Crippen LogP contribution is 2.44. The monoisotopic (exact) mass is 519 g/mol. The van der Waals surface area contributed by atoms with E-state index < -0.39 is 29.3 Å². The number of anilines is 1. The van der Waals surface area contributed by atoms with Gasteiger partial charge in [0, 0.05) is 31.3 Å². The van der Waals surface area contributed by atoms with E-state index in [2.05, 4.69) is 15.9 Å². The van der Waals surface area contributed by atoms with E-state index in [0.717, 1.165) is 9.37 Å². The number of rotatable bonds is 3. The highest BCUT2D eigenvalue weighted by atomic mass is 79.9. The molecular weight excluding hydrogens is 508 g/mol. The zero-order valence-corrected chi connectivity index (χ0v) is 18.7.